The van der Waals surface area contributed by atoms with Crippen LogP contribution in [0.4, 0.5) is 5.13 Å². The summed E-state index contributed by atoms with van der Waals surface area (Å²) < 4.78 is 0. The molecule has 1 saturated heterocycles. The number of pyridine rings is 1. The van der Waals surface area contributed by atoms with Crippen LogP contribution in [0.15, 0.2) is 30.9 Å². The lowest BCUT2D eigenvalue weighted by molar-refractivity contribution is -0.125. The van der Waals surface area contributed by atoms with Gasteiger partial charge in [-0.25, -0.2) is 19.9 Å². The van der Waals surface area contributed by atoms with Crippen LogP contribution in [0.2, 0.25) is 0 Å². The van der Waals surface area contributed by atoms with Crippen LogP contribution in [-0.4, -0.2) is 71.0 Å². The number of nitrogens with one attached hydrogen (secondary N) is 1. The highest BCUT2D eigenvalue weighted by Crippen LogP contribution is 2.32. The predicted octanol–water partition coefficient (Wildman–Crippen LogP) is 2.43. The van der Waals surface area contributed by atoms with Crippen molar-refractivity contribution in [3.63, 3.8) is 0 Å². The summed E-state index contributed by atoms with van der Waals surface area (Å²) in [4.78, 5) is 35.4. The van der Waals surface area contributed by atoms with Gasteiger partial charge in [-0.1, -0.05) is 11.3 Å². The fraction of sp³-hybridized carbons (Fsp3) is 0.476. The predicted molar refractivity (Wildman–Crippen MR) is 120 cm³/mol. The fourth-order valence-electron chi connectivity index (χ4n) is 3.62. The maximum atomic E-state index is 12.4. The number of nitrogens with zero attached hydrogens (tertiary/aromatic N) is 6. The van der Waals surface area contributed by atoms with E-state index in [4.69, 9.17) is 9.97 Å². The number of rotatable bonds is 7. The van der Waals surface area contributed by atoms with Crippen molar-refractivity contribution >= 4 is 32.7 Å². The van der Waals surface area contributed by atoms with E-state index in [1.54, 1.807) is 23.7 Å². The number of piperidine rings is 1. The zero-order valence-electron chi connectivity index (χ0n) is 17.4. The Morgan fingerprint density at radius 1 is 1.20 bits per heavy atom. The molecule has 9 heteroatoms. The Kier molecular flexibility index (Phi) is 6.49. The molecule has 0 atom stereocenters. The van der Waals surface area contributed by atoms with Gasteiger partial charge < -0.3 is 15.1 Å². The van der Waals surface area contributed by atoms with Crippen molar-refractivity contribution in [2.75, 3.05) is 45.2 Å². The first kappa shape index (κ1) is 20.6. The highest BCUT2D eigenvalue weighted by molar-refractivity contribution is 7.21. The normalized spacial score (nSPS) is 15.1. The van der Waals surface area contributed by atoms with Gasteiger partial charge in [-0.05, 0) is 52.0 Å². The molecule has 3 aromatic rings. The minimum Gasteiger partial charge on any atom is -0.356 e. The maximum Gasteiger partial charge on any atom is 0.223 e. The van der Waals surface area contributed by atoms with Crippen LogP contribution in [0.5, 0.6) is 0 Å². The molecule has 0 aliphatic carbocycles. The first-order chi connectivity index (χ1) is 14.6. The summed E-state index contributed by atoms with van der Waals surface area (Å²) in [5.74, 6) is 0.284. The van der Waals surface area contributed by atoms with Crippen molar-refractivity contribution in [2.45, 2.75) is 19.3 Å². The van der Waals surface area contributed by atoms with Crippen LogP contribution in [0.3, 0.4) is 0 Å². The molecule has 0 bridgehead atoms. The van der Waals surface area contributed by atoms with Gasteiger partial charge in [-0.3, -0.25) is 4.79 Å². The minimum absolute atomic E-state index is 0.0952. The summed E-state index contributed by atoms with van der Waals surface area (Å²) >= 11 is 1.60. The number of hydrogen-bond donors (Lipinski definition) is 1. The number of carbonyl (C=O) groups is 1. The van der Waals surface area contributed by atoms with Crippen molar-refractivity contribution in [1.29, 1.82) is 0 Å². The Bertz CT molecular complexity index is 983. The van der Waals surface area contributed by atoms with Crippen LogP contribution in [0, 0.1) is 5.92 Å². The number of fused-ring (bicyclic) bond motifs is 1. The Hall–Kier alpha value is -2.65. The molecule has 3 aromatic heterocycles. The Morgan fingerprint density at radius 2 is 1.97 bits per heavy atom. The molecule has 8 nitrogen and oxygen atoms in total. The molecule has 1 N–H and O–H groups in total. The Labute approximate surface area is 180 Å². The maximum absolute atomic E-state index is 12.4. The first-order valence-corrected chi connectivity index (χ1v) is 11.1. The summed E-state index contributed by atoms with van der Waals surface area (Å²) in [6, 6.07) is 3.95. The molecule has 0 spiro atoms. The molecular weight excluding hydrogens is 398 g/mol. The fourth-order valence-corrected chi connectivity index (χ4v) is 4.61. The molecule has 1 amide bonds. The second kappa shape index (κ2) is 9.44. The number of aromatic nitrogens is 4. The molecule has 1 aliphatic heterocycles. The number of anilines is 1. The van der Waals surface area contributed by atoms with Gasteiger partial charge >= 0.3 is 0 Å². The van der Waals surface area contributed by atoms with E-state index in [0.29, 0.717) is 0 Å². The smallest absolute Gasteiger partial charge is 0.223 e. The van der Waals surface area contributed by atoms with Crippen LogP contribution in [0.1, 0.15) is 19.3 Å². The summed E-state index contributed by atoms with van der Waals surface area (Å²) in [5, 5.41) is 4.06. The van der Waals surface area contributed by atoms with Crippen molar-refractivity contribution in [3.05, 3.63) is 30.9 Å². The van der Waals surface area contributed by atoms with Crippen LogP contribution in [0.25, 0.3) is 21.6 Å². The van der Waals surface area contributed by atoms with E-state index >= 15 is 0 Å². The lowest BCUT2D eigenvalue weighted by Gasteiger charge is -2.31. The highest BCUT2D eigenvalue weighted by Gasteiger charge is 2.26. The molecule has 0 saturated carbocycles. The van der Waals surface area contributed by atoms with Crippen LogP contribution >= 0.6 is 11.3 Å². The molecule has 1 fully saturated rings. The molecule has 0 unspecified atom stereocenters. The number of carbonyl (C=O) groups excluding carboxylic acids is 1. The largest absolute Gasteiger partial charge is 0.356 e. The molecule has 0 radical (unpaired) electrons. The van der Waals surface area contributed by atoms with Crippen LogP contribution in [-0.2, 0) is 4.79 Å². The molecular formula is C21H27N7OS. The molecule has 1 aliphatic rings. The summed E-state index contributed by atoms with van der Waals surface area (Å²) in [5.41, 5.74) is 2.64. The van der Waals surface area contributed by atoms with Gasteiger partial charge in [0.2, 0.25) is 5.91 Å². The zero-order chi connectivity index (χ0) is 20.9. The van der Waals surface area contributed by atoms with E-state index in [-0.39, 0.29) is 11.8 Å². The van der Waals surface area contributed by atoms with Crippen molar-refractivity contribution < 1.29 is 4.79 Å². The van der Waals surface area contributed by atoms with E-state index in [9.17, 15) is 4.79 Å². The molecule has 0 aromatic carbocycles. The summed E-state index contributed by atoms with van der Waals surface area (Å²) in [7, 11) is 4.10. The topological polar surface area (TPSA) is 87.1 Å². The average molecular weight is 426 g/mol. The minimum atomic E-state index is 0.0952. The van der Waals surface area contributed by atoms with E-state index < -0.39 is 0 Å². The second-order valence-electron chi connectivity index (χ2n) is 7.85. The van der Waals surface area contributed by atoms with E-state index in [1.807, 2.05) is 26.2 Å². The van der Waals surface area contributed by atoms with Gasteiger partial charge in [0.1, 0.15) is 16.7 Å². The van der Waals surface area contributed by atoms with Gasteiger partial charge in [0, 0.05) is 43.5 Å². The van der Waals surface area contributed by atoms with Crippen LogP contribution < -0.4 is 10.2 Å². The number of thiazole rings is 1. The standard InChI is InChI=1S/C21H27N7OS/c1-27(2)9-3-8-24-19(29)15-6-10-28(11-7-15)21-26-18-5-4-17(25-20(18)30-21)16-12-22-14-23-13-16/h4-5,12-15H,3,6-11H2,1-2H3,(H,24,29). The first-order valence-electron chi connectivity index (χ1n) is 10.3. The van der Waals surface area contributed by atoms with Crippen molar-refractivity contribution in [2.24, 2.45) is 5.92 Å². The third kappa shape index (κ3) is 4.91. The number of hydrogen-bond acceptors (Lipinski definition) is 8. The van der Waals surface area contributed by atoms with Crippen molar-refractivity contribution in [1.82, 2.24) is 30.2 Å². The molecule has 4 heterocycles. The summed E-state index contributed by atoms with van der Waals surface area (Å²) in [6.07, 6.45) is 7.73. The van der Waals surface area contributed by atoms with E-state index in [0.717, 1.165) is 72.2 Å². The molecule has 30 heavy (non-hydrogen) atoms. The van der Waals surface area contributed by atoms with Gasteiger partial charge in [-0.15, -0.1) is 0 Å². The second-order valence-corrected chi connectivity index (χ2v) is 8.81. The monoisotopic (exact) mass is 425 g/mol. The van der Waals surface area contributed by atoms with Gasteiger partial charge in [-0.2, -0.15) is 0 Å². The molecule has 158 valence electrons. The Balaban J connectivity index is 1.35. The van der Waals surface area contributed by atoms with E-state index in [1.165, 1.54) is 6.33 Å². The highest BCUT2D eigenvalue weighted by atomic mass is 32.1. The average Bonchev–Trinajstić information content (AvgIpc) is 3.20. The van der Waals surface area contributed by atoms with Gasteiger partial charge in [0.15, 0.2) is 5.13 Å². The van der Waals surface area contributed by atoms with Gasteiger partial charge in [0.25, 0.3) is 0 Å². The van der Waals surface area contributed by atoms with E-state index in [2.05, 4.69) is 25.1 Å². The quantitative estimate of drug-likeness (QED) is 0.582. The summed E-state index contributed by atoms with van der Waals surface area (Å²) in [6.45, 7) is 3.42. The lowest BCUT2D eigenvalue weighted by atomic mass is 9.96. The van der Waals surface area contributed by atoms with Gasteiger partial charge in [0.05, 0.1) is 5.69 Å². The van der Waals surface area contributed by atoms with Crippen molar-refractivity contribution in [3.8, 4) is 11.3 Å². The zero-order valence-corrected chi connectivity index (χ0v) is 18.2. The lowest BCUT2D eigenvalue weighted by Crippen LogP contribution is -2.41. The number of amides is 1. The third-order valence-corrected chi connectivity index (χ3v) is 6.34. The molecule has 4 rings (SSSR count). The SMILES string of the molecule is CN(C)CCCNC(=O)C1CCN(c2nc3ccc(-c4cncnc4)nc3s2)CC1. The third-order valence-electron chi connectivity index (χ3n) is 5.32. The Morgan fingerprint density at radius 3 is 2.70 bits per heavy atom.